The quantitative estimate of drug-likeness (QED) is 0.748. The summed E-state index contributed by atoms with van der Waals surface area (Å²) in [5.74, 6) is 0.995. The third kappa shape index (κ3) is 3.40. The average Bonchev–Trinajstić information content (AvgIpc) is 2.64. The number of fused-ring (bicyclic) bond motifs is 2. The van der Waals surface area contributed by atoms with E-state index in [-0.39, 0.29) is 0 Å². The molecule has 0 aliphatic carbocycles. The minimum Gasteiger partial charge on any atom is -0.309 e. The SMILES string of the molecule is CN(C)CCC=C1c2ccccc2CSc2cc(Cl)ccc21. The summed E-state index contributed by atoms with van der Waals surface area (Å²) < 4.78 is 0. The number of thioether (sulfide) groups is 1. The molecule has 0 atom stereocenters. The van der Waals surface area contributed by atoms with Crippen molar-refractivity contribution in [2.24, 2.45) is 0 Å². The van der Waals surface area contributed by atoms with E-state index in [1.165, 1.54) is 27.2 Å². The largest absolute Gasteiger partial charge is 0.309 e. The Hall–Kier alpha value is -1.22. The molecule has 2 aromatic carbocycles. The van der Waals surface area contributed by atoms with E-state index >= 15 is 0 Å². The zero-order chi connectivity index (χ0) is 15.5. The summed E-state index contributed by atoms with van der Waals surface area (Å²) in [6.07, 6.45) is 3.42. The second-order valence-electron chi connectivity index (χ2n) is 5.80. The molecule has 0 N–H and O–H groups in total. The normalized spacial score (nSPS) is 15.5. The summed E-state index contributed by atoms with van der Waals surface area (Å²) >= 11 is 8.07. The van der Waals surface area contributed by atoms with Gasteiger partial charge in [0.25, 0.3) is 0 Å². The fourth-order valence-electron chi connectivity index (χ4n) is 2.73. The molecule has 0 unspecified atom stereocenters. The molecule has 1 aliphatic heterocycles. The lowest BCUT2D eigenvalue weighted by molar-refractivity contribution is 0.417. The van der Waals surface area contributed by atoms with Gasteiger partial charge in [-0.25, -0.2) is 0 Å². The van der Waals surface area contributed by atoms with Crippen LogP contribution in [-0.4, -0.2) is 25.5 Å². The van der Waals surface area contributed by atoms with Crippen LogP contribution in [0.15, 0.2) is 53.4 Å². The van der Waals surface area contributed by atoms with Gasteiger partial charge in [0.05, 0.1) is 0 Å². The first-order chi connectivity index (χ1) is 10.6. The van der Waals surface area contributed by atoms with Gasteiger partial charge in [-0.15, -0.1) is 11.8 Å². The van der Waals surface area contributed by atoms with Gasteiger partial charge in [-0.1, -0.05) is 48.0 Å². The van der Waals surface area contributed by atoms with E-state index < -0.39 is 0 Å². The molecule has 22 heavy (non-hydrogen) atoms. The van der Waals surface area contributed by atoms with Crippen LogP contribution < -0.4 is 0 Å². The first kappa shape index (κ1) is 15.7. The van der Waals surface area contributed by atoms with Crippen molar-refractivity contribution in [2.45, 2.75) is 17.1 Å². The molecule has 2 aromatic rings. The number of hydrogen-bond donors (Lipinski definition) is 0. The Morgan fingerprint density at radius 2 is 1.95 bits per heavy atom. The average molecular weight is 330 g/mol. The van der Waals surface area contributed by atoms with E-state index in [0.29, 0.717) is 0 Å². The fraction of sp³-hybridized carbons (Fsp3) is 0.263. The van der Waals surface area contributed by atoms with Gasteiger partial charge in [-0.2, -0.15) is 0 Å². The van der Waals surface area contributed by atoms with Crippen LogP contribution in [0.2, 0.25) is 5.02 Å². The summed E-state index contributed by atoms with van der Waals surface area (Å²) in [5, 5.41) is 0.810. The standard InChI is InChI=1S/C19H20ClNS/c1-21(2)11-5-8-17-16-7-4-3-6-14(16)13-22-19-12-15(20)9-10-18(17)19/h3-4,6-10,12H,5,11,13H2,1-2H3. The van der Waals surface area contributed by atoms with Crippen molar-refractivity contribution in [3.63, 3.8) is 0 Å². The Kier molecular flexibility index (Phi) is 4.92. The fourth-order valence-corrected chi connectivity index (χ4v) is 4.08. The van der Waals surface area contributed by atoms with E-state index in [1.807, 2.05) is 17.8 Å². The predicted molar refractivity (Wildman–Crippen MR) is 97.7 cm³/mol. The van der Waals surface area contributed by atoms with Gasteiger partial charge in [0.15, 0.2) is 0 Å². The maximum atomic E-state index is 6.20. The van der Waals surface area contributed by atoms with Gasteiger partial charge in [0.2, 0.25) is 0 Å². The lowest BCUT2D eigenvalue weighted by Crippen LogP contribution is -2.12. The van der Waals surface area contributed by atoms with Crippen LogP contribution in [0.1, 0.15) is 23.1 Å². The Bertz CT molecular complexity index is 706. The molecule has 1 aliphatic rings. The van der Waals surface area contributed by atoms with E-state index in [2.05, 4.69) is 61.5 Å². The number of halogens is 1. The van der Waals surface area contributed by atoms with Crippen molar-refractivity contribution in [3.05, 3.63) is 70.3 Å². The molecule has 0 fully saturated rings. The first-order valence-electron chi connectivity index (χ1n) is 7.51. The van der Waals surface area contributed by atoms with Crippen LogP contribution >= 0.6 is 23.4 Å². The highest BCUT2D eigenvalue weighted by molar-refractivity contribution is 7.98. The lowest BCUT2D eigenvalue weighted by Gasteiger charge is -2.13. The number of rotatable bonds is 3. The van der Waals surface area contributed by atoms with E-state index in [1.54, 1.807) is 0 Å². The van der Waals surface area contributed by atoms with Crippen molar-refractivity contribution < 1.29 is 0 Å². The third-order valence-electron chi connectivity index (χ3n) is 3.85. The minimum absolute atomic E-state index is 0.810. The highest BCUT2D eigenvalue weighted by Gasteiger charge is 2.18. The highest BCUT2D eigenvalue weighted by Crippen LogP contribution is 2.41. The number of nitrogens with zero attached hydrogens (tertiary/aromatic N) is 1. The van der Waals surface area contributed by atoms with Crippen molar-refractivity contribution in [1.82, 2.24) is 4.90 Å². The van der Waals surface area contributed by atoms with Crippen LogP contribution in [0.3, 0.4) is 0 Å². The molecular formula is C19H20ClNS. The van der Waals surface area contributed by atoms with Gasteiger partial charge >= 0.3 is 0 Å². The summed E-state index contributed by atoms with van der Waals surface area (Å²) in [6, 6.07) is 15.0. The second kappa shape index (κ2) is 6.91. The van der Waals surface area contributed by atoms with Gasteiger partial charge in [-0.3, -0.25) is 0 Å². The van der Waals surface area contributed by atoms with Crippen LogP contribution in [0.25, 0.3) is 5.57 Å². The van der Waals surface area contributed by atoms with Gasteiger partial charge in [0, 0.05) is 22.2 Å². The van der Waals surface area contributed by atoms with Crippen LogP contribution in [0.4, 0.5) is 0 Å². The molecule has 114 valence electrons. The van der Waals surface area contributed by atoms with E-state index in [0.717, 1.165) is 23.7 Å². The summed E-state index contributed by atoms with van der Waals surface area (Å²) in [4.78, 5) is 3.50. The summed E-state index contributed by atoms with van der Waals surface area (Å²) in [5.41, 5.74) is 5.40. The minimum atomic E-state index is 0.810. The summed E-state index contributed by atoms with van der Waals surface area (Å²) in [7, 11) is 4.23. The van der Waals surface area contributed by atoms with Crippen molar-refractivity contribution in [2.75, 3.05) is 20.6 Å². The molecule has 0 saturated heterocycles. The molecule has 0 bridgehead atoms. The molecule has 1 nitrogen and oxygen atoms in total. The molecule has 1 heterocycles. The van der Waals surface area contributed by atoms with Crippen LogP contribution in [0.5, 0.6) is 0 Å². The number of benzene rings is 2. The molecule has 0 radical (unpaired) electrons. The van der Waals surface area contributed by atoms with Gasteiger partial charge in [0.1, 0.15) is 0 Å². The predicted octanol–water partition coefficient (Wildman–Crippen LogP) is 5.33. The Morgan fingerprint density at radius 3 is 2.77 bits per heavy atom. The topological polar surface area (TPSA) is 3.24 Å². The highest BCUT2D eigenvalue weighted by atomic mass is 35.5. The Morgan fingerprint density at radius 1 is 1.14 bits per heavy atom. The maximum absolute atomic E-state index is 6.20. The summed E-state index contributed by atoms with van der Waals surface area (Å²) in [6.45, 7) is 1.06. The molecular weight excluding hydrogens is 310 g/mol. The monoisotopic (exact) mass is 329 g/mol. The van der Waals surface area contributed by atoms with Crippen molar-refractivity contribution in [1.29, 1.82) is 0 Å². The van der Waals surface area contributed by atoms with Crippen LogP contribution in [0, 0.1) is 0 Å². The molecule has 0 saturated carbocycles. The molecule has 0 spiro atoms. The second-order valence-corrected chi connectivity index (χ2v) is 7.25. The lowest BCUT2D eigenvalue weighted by atomic mass is 9.93. The van der Waals surface area contributed by atoms with Crippen molar-refractivity contribution >= 4 is 28.9 Å². The van der Waals surface area contributed by atoms with Gasteiger partial charge in [-0.05, 0) is 54.9 Å². The molecule has 3 heteroatoms. The number of hydrogen-bond acceptors (Lipinski definition) is 2. The smallest absolute Gasteiger partial charge is 0.0417 e. The zero-order valence-corrected chi connectivity index (χ0v) is 14.5. The van der Waals surface area contributed by atoms with E-state index in [9.17, 15) is 0 Å². The van der Waals surface area contributed by atoms with E-state index in [4.69, 9.17) is 11.6 Å². The van der Waals surface area contributed by atoms with Crippen molar-refractivity contribution in [3.8, 4) is 0 Å². The Labute approximate surface area is 142 Å². The zero-order valence-electron chi connectivity index (χ0n) is 13.0. The molecule has 0 amide bonds. The molecule has 0 aromatic heterocycles. The third-order valence-corrected chi connectivity index (χ3v) is 5.19. The maximum Gasteiger partial charge on any atom is 0.0417 e. The first-order valence-corrected chi connectivity index (χ1v) is 8.87. The molecule has 3 rings (SSSR count). The van der Waals surface area contributed by atoms with Gasteiger partial charge < -0.3 is 4.90 Å². The Balaban J connectivity index is 2.08. The van der Waals surface area contributed by atoms with Crippen LogP contribution in [-0.2, 0) is 5.75 Å².